The van der Waals surface area contributed by atoms with Crippen molar-refractivity contribution in [3.05, 3.63) is 63.2 Å². The molecule has 0 aromatic heterocycles. The Labute approximate surface area is 181 Å². The number of carbonyl (C=O) groups is 2. The average Bonchev–Trinajstić information content (AvgIpc) is 2.74. The second-order valence-electron chi connectivity index (χ2n) is 8.15. The Morgan fingerprint density at radius 1 is 1.03 bits per heavy atom. The predicted molar refractivity (Wildman–Crippen MR) is 121 cm³/mol. The Bertz CT molecular complexity index is 997. The van der Waals surface area contributed by atoms with Gasteiger partial charge in [0.15, 0.2) is 0 Å². The summed E-state index contributed by atoms with van der Waals surface area (Å²) in [7, 11) is 3.72. The minimum Gasteiger partial charge on any atom is -0.377 e. The van der Waals surface area contributed by atoms with E-state index in [2.05, 4.69) is 10.6 Å². The number of hydrogen-bond donors (Lipinski definition) is 2. The van der Waals surface area contributed by atoms with Gasteiger partial charge in [-0.1, -0.05) is 25.3 Å². The quantitative estimate of drug-likeness (QED) is 0.532. The molecule has 3 rings (SSSR count). The molecule has 0 bridgehead atoms. The van der Waals surface area contributed by atoms with Gasteiger partial charge in [0, 0.05) is 48.7 Å². The molecule has 0 heterocycles. The zero-order valence-corrected chi connectivity index (χ0v) is 18.1. The van der Waals surface area contributed by atoms with Crippen LogP contribution in [0.25, 0.3) is 0 Å². The number of nitrogens with zero attached hydrogens (tertiary/aromatic N) is 2. The number of nitro benzene ring substituents is 1. The highest BCUT2D eigenvalue weighted by Crippen LogP contribution is 2.26. The molecule has 2 aromatic carbocycles. The molecule has 0 saturated heterocycles. The van der Waals surface area contributed by atoms with Gasteiger partial charge in [0.1, 0.15) is 0 Å². The molecule has 164 valence electrons. The third-order valence-corrected chi connectivity index (χ3v) is 5.59. The number of anilines is 2. The van der Waals surface area contributed by atoms with Crippen LogP contribution in [-0.2, 0) is 0 Å². The van der Waals surface area contributed by atoms with Gasteiger partial charge in [-0.25, -0.2) is 0 Å². The number of rotatable bonds is 6. The van der Waals surface area contributed by atoms with Crippen molar-refractivity contribution >= 4 is 28.9 Å². The molecule has 1 fully saturated rings. The maximum Gasteiger partial charge on any atom is 0.273 e. The van der Waals surface area contributed by atoms with E-state index in [0.717, 1.165) is 31.4 Å². The van der Waals surface area contributed by atoms with Gasteiger partial charge < -0.3 is 15.5 Å². The minimum atomic E-state index is -0.508. The molecule has 2 N–H and O–H groups in total. The first-order chi connectivity index (χ1) is 14.8. The highest BCUT2D eigenvalue weighted by Gasteiger charge is 2.21. The molecule has 8 heteroatoms. The topological polar surface area (TPSA) is 105 Å². The van der Waals surface area contributed by atoms with E-state index in [4.69, 9.17) is 0 Å². The molecular weight excluding hydrogens is 396 g/mol. The number of amides is 2. The van der Waals surface area contributed by atoms with Crippen LogP contribution in [-0.4, -0.2) is 36.9 Å². The van der Waals surface area contributed by atoms with Gasteiger partial charge in [-0.05, 0) is 44.0 Å². The molecule has 1 saturated carbocycles. The van der Waals surface area contributed by atoms with Crippen LogP contribution in [0.2, 0.25) is 0 Å². The molecule has 0 spiro atoms. The summed E-state index contributed by atoms with van der Waals surface area (Å²) in [6.45, 7) is 1.62. The largest absolute Gasteiger partial charge is 0.377 e. The van der Waals surface area contributed by atoms with E-state index in [1.165, 1.54) is 12.5 Å². The van der Waals surface area contributed by atoms with Gasteiger partial charge in [-0.3, -0.25) is 19.7 Å². The summed E-state index contributed by atoms with van der Waals surface area (Å²) in [5, 5.41) is 17.0. The standard InChI is InChI=1S/C23H28N4O4/c1-15-9-10-16(13-21(15)27(30)31)22(28)25-18-11-12-20(26(2)3)19(14-18)23(29)24-17-7-5-4-6-8-17/h9-14,17H,4-8H2,1-3H3,(H,24,29)(H,25,28). The highest BCUT2D eigenvalue weighted by atomic mass is 16.6. The summed E-state index contributed by atoms with van der Waals surface area (Å²) >= 11 is 0. The van der Waals surface area contributed by atoms with Crippen molar-refractivity contribution in [3.63, 3.8) is 0 Å². The van der Waals surface area contributed by atoms with Crippen molar-refractivity contribution in [1.82, 2.24) is 5.32 Å². The lowest BCUT2D eigenvalue weighted by atomic mass is 9.95. The second-order valence-corrected chi connectivity index (χ2v) is 8.15. The van der Waals surface area contributed by atoms with Crippen LogP contribution in [0.3, 0.4) is 0 Å². The summed E-state index contributed by atoms with van der Waals surface area (Å²) in [6.07, 6.45) is 5.39. The molecule has 0 radical (unpaired) electrons. The van der Waals surface area contributed by atoms with E-state index >= 15 is 0 Å². The average molecular weight is 425 g/mol. The van der Waals surface area contributed by atoms with E-state index in [9.17, 15) is 19.7 Å². The Balaban J connectivity index is 1.82. The smallest absolute Gasteiger partial charge is 0.273 e. The van der Waals surface area contributed by atoms with E-state index in [0.29, 0.717) is 16.8 Å². The van der Waals surface area contributed by atoms with Crippen molar-refractivity contribution in [3.8, 4) is 0 Å². The third kappa shape index (κ3) is 5.39. The number of aryl methyl sites for hydroxylation is 1. The first-order valence-electron chi connectivity index (χ1n) is 10.4. The van der Waals surface area contributed by atoms with Gasteiger partial charge in [-0.15, -0.1) is 0 Å². The van der Waals surface area contributed by atoms with Crippen molar-refractivity contribution in [1.29, 1.82) is 0 Å². The normalized spacial score (nSPS) is 14.0. The molecule has 8 nitrogen and oxygen atoms in total. The molecule has 1 aliphatic rings. The SMILES string of the molecule is Cc1ccc(C(=O)Nc2ccc(N(C)C)c(C(=O)NC3CCCCC3)c2)cc1[N+](=O)[O-]. The first-order valence-corrected chi connectivity index (χ1v) is 10.4. The lowest BCUT2D eigenvalue weighted by Crippen LogP contribution is -2.36. The number of benzene rings is 2. The molecule has 31 heavy (non-hydrogen) atoms. The van der Waals surface area contributed by atoms with E-state index in [1.54, 1.807) is 37.3 Å². The van der Waals surface area contributed by atoms with Crippen LogP contribution >= 0.6 is 0 Å². The molecule has 0 atom stereocenters. The van der Waals surface area contributed by atoms with Crippen LogP contribution in [0.1, 0.15) is 58.4 Å². The van der Waals surface area contributed by atoms with Crippen molar-refractivity contribution in [2.24, 2.45) is 0 Å². The van der Waals surface area contributed by atoms with Gasteiger partial charge in [0.25, 0.3) is 17.5 Å². The highest BCUT2D eigenvalue weighted by molar-refractivity contribution is 6.06. The lowest BCUT2D eigenvalue weighted by molar-refractivity contribution is -0.385. The van der Waals surface area contributed by atoms with Crippen LogP contribution in [0.4, 0.5) is 17.1 Å². The Morgan fingerprint density at radius 3 is 2.39 bits per heavy atom. The Morgan fingerprint density at radius 2 is 1.74 bits per heavy atom. The van der Waals surface area contributed by atoms with Crippen LogP contribution in [0.5, 0.6) is 0 Å². The number of nitrogens with one attached hydrogen (secondary N) is 2. The van der Waals surface area contributed by atoms with Crippen molar-refractivity contribution < 1.29 is 14.5 Å². The molecule has 0 aliphatic heterocycles. The lowest BCUT2D eigenvalue weighted by Gasteiger charge is -2.24. The van der Waals surface area contributed by atoms with Gasteiger partial charge >= 0.3 is 0 Å². The number of carbonyl (C=O) groups excluding carboxylic acids is 2. The fraction of sp³-hybridized carbons (Fsp3) is 0.391. The Kier molecular flexibility index (Phi) is 6.89. The van der Waals surface area contributed by atoms with E-state index in [1.807, 2.05) is 19.0 Å². The van der Waals surface area contributed by atoms with E-state index in [-0.39, 0.29) is 23.2 Å². The van der Waals surface area contributed by atoms with Crippen molar-refractivity contribution in [2.75, 3.05) is 24.3 Å². The zero-order chi connectivity index (χ0) is 22.5. The fourth-order valence-electron chi connectivity index (χ4n) is 3.85. The summed E-state index contributed by atoms with van der Waals surface area (Å²) in [6, 6.07) is 9.66. The van der Waals surface area contributed by atoms with Crippen LogP contribution < -0.4 is 15.5 Å². The molecule has 2 aromatic rings. The van der Waals surface area contributed by atoms with Crippen LogP contribution in [0.15, 0.2) is 36.4 Å². The Hall–Kier alpha value is -3.42. The first kappa shape index (κ1) is 22.3. The maximum atomic E-state index is 13.0. The monoisotopic (exact) mass is 424 g/mol. The third-order valence-electron chi connectivity index (χ3n) is 5.59. The predicted octanol–water partition coefficient (Wildman–Crippen LogP) is 4.28. The summed E-state index contributed by atoms with van der Waals surface area (Å²) in [5.74, 6) is -0.642. The molecular formula is C23H28N4O4. The van der Waals surface area contributed by atoms with Gasteiger partial charge in [0.05, 0.1) is 10.5 Å². The number of hydrogen-bond acceptors (Lipinski definition) is 5. The van der Waals surface area contributed by atoms with Gasteiger partial charge in [0.2, 0.25) is 0 Å². The molecule has 1 aliphatic carbocycles. The van der Waals surface area contributed by atoms with Gasteiger partial charge in [-0.2, -0.15) is 0 Å². The molecule has 2 amide bonds. The number of nitro groups is 1. The second kappa shape index (κ2) is 9.59. The summed E-state index contributed by atoms with van der Waals surface area (Å²) in [5.41, 5.74) is 2.23. The van der Waals surface area contributed by atoms with E-state index < -0.39 is 10.8 Å². The maximum absolute atomic E-state index is 13.0. The summed E-state index contributed by atoms with van der Waals surface area (Å²) < 4.78 is 0. The van der Waals surface area contributed by atoms with Crippen LogP contribution in [0, 0.1) is 17.0 Å². The van der Waals surface area contributed by atoms with Crippen molar-refractivity contribution in [2.45, 2.75) is 45.1 Å². The zero-order valence-electron chi connectivity index (χ0n) is 18.1. The minimum absolute atomic E-state index is 0.108. The summed E-state index contributed by atoms with van der Waals surface area (Å²) in [4.78, 5) is 38.2. The fourth-order valence-corrected chi connectivity index (χ4v) is 3.85. The molecule has 0 unspecified atom stereocenters.